The number of aryl methyl sites for hydroxylation is 3. The van der Waals surface area contributed by atoms with Crippen LogP contribution in [0.15, 0.2) is 24.3 Å². The van der Waals surface area contributed by atoms with Gasteiger partial charge in [-0.05, 0) is 44.4 Å². The lowest BCUT2D eigenvalue weighted by Gasteiger charge is -2.22. The SMILES string of the molecule is CCc1nc(C)c2c(C)c(C(=O)OCC(=O)N3c4ccccc4C[C@@H]3C)sc2n1. The molecule has 2 aromatic heterocycles. The van der Waals surface area contributed by atoms with Gasteiger partial charge in [0.1, 0.15) is 15.5 Å². The molecule has 3 aromatic rings. The van der Waals surface area contributed by atoms with E-state index in [1.54, 1.807) is 4.90 Å². The summed E-state index contributed by atoms with van der Waals surface area (Å²) in [5, 5.41) is 0.896. The third-order valence-corrected chi connectivity index (χ3v) is 6.49. The minimum atomic E-state index is -0.489. The number of para-hydroxylation sites is 1. The molecule has 4 rings (SSSR count). The standard InChI is InChI=1S/C22H23N3O3S/c1-5-17-23-14(4)19-13(3)20(29-21(19)24-17)22(27)28-11-18(26)25-12(2)10-15-8-6-7-9-16(15)25/h6-9,12H,5,10-11H2,1-4H3/t12-/m0/s1. The van der Waals surface area contributed by atoms with E-state index in [2.05, 4.69) is 9.97 Å². The Balaban J connectivity index is 1.52. The maximum absolute atomic E-state index is 12.8. The molecule has 1 aliphatic rings. The first-order valence-electron chi connectivity index (χ1n) is 9.74. The van der Waals surface area contributed by atoms with Gasteiger partial charge in [0.2, 0.25) is 0 Å². The number of anilines is 1. The van der Waals surface area contributed by atoms with E-state index in [0.29, 0.717) is 4.88 Å². The predicted molar refractivity (Wildman–Crippen MR) is 114 cm³/mol. The summed E-state index contributed by atoms with van der Waals surface area (Å²) < 4.78 is 5.40. The van der Waals surface area contributed by atoms with E-state index >= 15 is 0 Å². The van der Waals surface area contributed by atoms with Gasteiger partial charge in [0.25, 0.3) is 5.91 Å². The molecule has 7 heteroatoms. The Labute approximate surface area is 173 Å². The summed E-state index contributed by atoms with van der Waals surface area (Å²) >= 11 is 1.30. The van der Waals surface area contributed by atoms with Gasteiger partial charge in [-0.15, -0.1) is 11.3 Å². The van der Waals surface area contributed by atoms with Crippen LogP contribution in [0.3, 0.4) is 0 Å². The molecule has 1 aliphatic heterocycles. The molecular formula is C22H23N3O3S. The molecule has 0 unspecified atom stereocenters. The number of aromatic nitrogens is 2. The van der Waals surface area contributed by atoms with E-state index < -0.39 is 5.97 Å². The molecule has 0 saturated carbocycles. The Morgan fingerprint density at radius 2 is 2.00 bits per heavy atom. The maximum Gasteiger partial charge on any atom is 0.349 e. The van der Waals surface area contributed by atoms with Gasteiger partial charge in [0.15, 0.2) is 6.61 Å². The van der Waals surface area contributed by atoms with Crippen molar-refractivity contribution >= 4 is 39.1 Å². The van der Waals surface area contributed by atoms with Gasteiger partial charge in [-0.3, -0.25) is 4.79 Å². The summed E-state index contributed by atoms with van der Waals surface area (Å²) in [6.45, 7) is 7.52. The average Bonchev–Trinajstić information content (AvgIpc) is 3.22. The highest BCUT2D eigenvalue weighted by molar-refractivity contribution is 7.20. The normalized spacial score (nSPS) is 15.6. The number of fused-ring (bicyclic) bond motifs is 2. The van der Waals surface area contributed by atoms with Crippen molar-refractivity contribution in [1.82, 2.24) is 9.97 Å². The molecule has 1 aromatic carbocycles. The number of nitrogens with zero attached hydrogens (tertiary/aromatic N) is 3. The van der Waals surface area contributed by atoms with Crippen LogP contribution in [0.25, 0.3) is 10.2 Å². The minimum Gasteiger partial charge on any atom is -0.451 e. The number of ether oxygens (including phenoxy) is 1. The Morgan fingerprint density at radius 3 is 2.76 bits per heavy atom. The van der Waals surface area contributed by atoms with Crippen LogP contribution in [0.5, 0.6) is 0 Å². The molecule has 150 valence electrons. The second kappa shape index (κ2) is 7.55. The van der Waals surface area contributed by atoms with E-state index in [0.717, 1.165) is 51.4 Å². The third-order valence-electron chi connectivity index (χ3n) is 5.32. The van der Waals surface area contributed by atoms with Crippen LogP contribution < -0.4 is 4.90 Å². The van der Waals surface area contributed by atoms with Gasteiger partial charge in [-0.2, -0.15) is 0 Å². The highest BCUT2D eigenvalue weighted by Crippen LogP contribution is 2.33. The van der Waals surface area contributed by atoms with Crippen molar-refractivity contribution in [2.45, 2.75) is 46.6 Å². The molecule has 0 fully saturated rings. The molecule has 0 spiro atoms. The van der Waals surface area contributed by atoms with Crippen LogP contribution in [0.1, 0.15) is 46.2 Å². The molecular weight excluding hydrogens is 386 g/mol. The molecule has 0 saturated heterocycles. The fourth-order valence-corrected chi connectivity index (χ4v) is 5.10. The molecule has 0 N–H and O–H groups in total. The van der Waals surface area contributed by atoms with Crippen LogP contribution >= 0.6 is 11.3 Å². The van der Waals surface area contributed by atoms with Crippen LogP contribution in [0.2, 0.25) is 0 Å². The number of carbonyl (C=O) groups is 2. The zero-order valence-electron chi connectivity index (χ0n) is 17.0. The summed E-state index contributed by atoms with van der Waals surface area (Å²) in [7, 11) is 0. The maximum atomic E-state index is 12.8. The molecule has 0 aliphatic carbocycles. The number of benzene rings is 1. The number of thiophene rings is 1. The molecule has 3 heterocycles. The molecule has 29 heavy (non-hydrogen) atoms. The Morgan fingerprint density at radius 1 is 1.24 bits per heavy atom. The first kappa shape index (κ1) is 19.5. The molecule has 0 bridgehead atoms. The summed E-state index contributed by atoms with van der Waals surface area (Å²) in [6.07, 6.45) is 1.54. The number of esters is 1. The molecule has 6 nitrogen and oxygen atoms in total. The van der Waals surface area contributed by atoms with Gasteiger partial charge in [-0.25, -0.2) is 14.8 Å². The van der Waals surface area contributed by atoms with Gasteiger partial charge in [0.05, 0.1) is 0 Å². The van der Waals surface area contributed by atoms with Crippen LogP contribution in [0.4, 0.5) is 5.69 Å². The Bertz CT molecular complexity index is 1120. The largest absolute Gasteiger partial charge is 0.451 e. The average molecular weight is 410 g/mol. The lowest BCUT2D eigenvalue weighted by molar-refractivity contribution is -0.122. The lowest BCUT2D eigenvalue weighted by atomic mass is 10.1. The Kier molecular flexibility index (Phi) is 5.08. The van der Waals surface area contributed by atoms with Crippen molar-refractivity contribution in [3.8, 4) is 0 Å². The zero-order valence-corrected chi connectivity index (χ0v) is 17.8. The summed E-state index contributed by atoms with van der Waals surface area (Å²) in [5.41, 5.74) is 3.71. The molecule has 1 atom stereocenters. The zero-order chi connectivity index (χ0) is 20.7. The fourth-order valence-electron chi connectivity index (χ4n) is 3.96. The second-order valence-electron chi connectivity index (χ2n) is 7.34. The number of hydrogen-bond donors (Lipinski definition) is 0. The van der Waals surface area contributed by atoms with E-state index in [-0.39, 0.29) is 18.6 Å². The quantitative estimate of drug-likeness (QED) is 0.609. The van der Waals surface area contributed by atoms with Crippen LogP contribution in [-0.4, -0.2) is 34.5 Å². The highest BCUT2D eigenvalue weighted by atomic mass is 32.1. The number of carbonyl (C=O) groups excluding carboxylic acids is 2. The van der Waals surface area contributed by atoms with E-state index in [1.165, 1.54) is 11.3 Å². The molecule has 1 amide bonds. The van der Waals surface area contributed by atoms with E-state index in [9.17, 15) is 9.59 Å². The van der Waals surface area contributed by atoms with Crippen molar-refractivity contribution in [1.29, 1.82) is 0 Å². The van der Waals surface area contributed by atoms with E-state index in [4.69, 9.17) is 4.74 Å². The van der Waals surface area contributed by atoms with Crippen molar-refractivity contribution in [3.63, 3.8) is 0 Å². The summed E-state index contributed by atoms with van der Waals surface area (Å²) in [6, 6.07) is 7.90. The number of amides is 1. The third kappa shape index (κ3) is 3.40. The topological polar surface area (TPSA) is 72.4 Å². The van der Waals surface area contributed by atoms with Gasteiger partial charge in [0, 0.05) is 29.2 Å². The van der Waals surface area contributed by atoms with Crippen molar-refractivity contribution < 1.29 is 14.3 Å². The fraction of sp³-hybridized carbons (Fsp3) is 0.364. The summed E-state index contributed by atoms with van der Waals surface area (Å²) in [5.74, 6) is 0.0586. The lowest BCUT2D eigenvalue weighted by Crippen LogP contribution is -2.38. The van der Waals surface area contributed by atoms with E-state index in [1.807, 2.05) is 52.0 Å². The van der Waals surface area contributed by atoms with Crippen LogP contribution in [-0.2, 0) is 22.4 Å². The second-order valence-corrected chi connectivity index (χ2v) is 8.34. The predicted octanol–water partition coefficient (Wildman–Crippen LogP) is 4.01. The first-order chi connectivity index (χ1) is 13.9. The first-order valence-corrected chi connectivity index (χ1v) is 10.6. The smallest absolute Gasteiger partial charge is 0.349 e. The number of hydrogen-bond acceptors (Lipinski definition) is 6. The van der Waals surface area contributed by atoms with Gasteiger partial charge < -0.3 is 9.64 Å². The minimum absolute atomic E-state index is 0.0510. The van der Waals surface area contributed by atoms with Crippen LogP contribution in [0, 0.1) is 13.8 Å². The van der Waals surface area contributed by atoms with Crippen molar-refractivity contribution in [3.05, 3.63) is 51.8 Å². The monoisotopic (exact) mass is 409 g/mol. The summed E-state index contributed by atoms with van der Waals surface area (Å²) in [4.78, 5) is 37.5. The van der Waals surface area contributed by atoms with Gasteiger partial charge in [-0.1, -0.05) is 25.1 Å². The van der Waals surface area contributed by atoms with Crippen molar-refractivity contribution in [2.24, 2.45) is 0 Å². The molecule has 0 radical (unpaired) electrons. The Hall–Kier alpha value is -2.80. The highest BCUT2D eigenvalue weighted by Gasteiger charge is 2.31. The van der Waals surface area contributed by atoms with Crippen molar-refractivity contribution in [2.75, 3.05) is 11.5 Å². The number of rotatable bonds is 4. The van der Waals surface area contributed by atoms with Gasteiger partial charge >= 0.3 is 5.97 Å².